The number of hydrogen-bond acceptors (Lipinski definition) is 3. The Morgan fingerprint density at radius 2 is 1.95 bits per heavy atom. The van der Waals surface area contributed by atoms with Crippen molar-refractivity contribution in [1.29, 1.82) is 0 Å². The van der Waals surface area contributed by atoms with Gasteiger partial charge in [0.2, 0.25) is 0 Å². The van der Waals surface area contributed by atoms with Crippen LogP contribution in [-0.4, -0.2) is 15.5 Å². The summed E-state index contributed by atoms with van der Waals surface area (Å²) in [6.45, 7) is 0. The molecule has 0 aliphatic heterocycles. The first-order valence-electron chi connectivity index (χ1n) is 7.32. The first kappa shape index (κ1) is 13.3. The molecular weight excluding hydrogens is 294 g/mol. The molecule has 4 rings (SSSR count). The second kappa shape index (κ2) is 5.42. The van der Waals surface area contributed by atoms with E-state index < -0.39 is 0 Å². The molecule has 1 amide bonds. The lowest BCUT2D eigenvalue weighted by molar-refractivity contribution is 0.102. The van der Waals surface area contributed by atoms with Gasteiger partial charge in [0, 0.05) is 35.4 Å². The Balaban J connectivity index is 1.75. The maximum absolute atomic E-state index is 12.8. The molecule has 0 radical (unpaired) electrons. The third kappa shape index (κ3) is 2.23. The Labute approximate surface area is 132 Å². The minimum atomic E-state index is -0.0331. The van der Waals surface area contributed by atoms with Gasteiger partial charge in [0.25, 0.3) is 5.91 Å². The summed E-state index contributed by atoms with van der Waals surface area (Å²) in [5.74, 6) is -0.0331. The molecule has 0 aromatic carbocycles. The summed E-state index contributed by atoms with van der Waals surface area (Å²) < 4.78 is 2.03. The quantitative estimate of drug-likeness (QED) is 0.802. The van der Waals surface area contributed by atoms with Gasteiger partial charge in [-0.15, -0.1) is 11.3 Å². The number of thiophene rings is 1. The maximum Gasteiger partial charge on any atom is 0.258 e. The van der Waals surface area contributed by atoms with Gasteiger partial charge in [0.15, 0.2) is 0 Å². The van der Waals surface area contributed by atoms with E-state index in [-0.39, 0.29) is 5.91 Å². The van der Waals surface area contributed by atoms with Gasteiger partial charge in [-0.05, 0) is 49.1 Å². The van der Waals surface area contributed by atoms with Gasteiger partial charge >= 0.3 is 0 Å². The normalized spacial score (nSPS) is 13.1. The Hall–Kier alpha value is -2.40. The van der Waals surface area contributed by atoms with Gasteiger partial charge in [0.05, 0.1) is 5.56 Å². The molecule has 3 aromatic heterocycles. The number of fused-ring (bicyclic) bond motifs is 1. The predicted octanol–water partition coefficient (Wildman–Crippen LogP) is 3.67. The van der Waals surface area contributed by atoms with Crippen LogP contribution in [0.25, 0.3) is 5.00 Å². The minimum Gasteiger partial charge on any atom is -0.322 e. The molecule has 0 fully saturated rings. The van der Waals surface area contributed by atoms with Crippen molar-refractivity contribution in [2.24, 2.45) is 0 Å². The van der Waals surface area contributed by atoms with Crippen molar-refractivity contribution in [3.05, 3.63) is 65.1 Å². The number of anilines is 1. The Morgan fingerprint density at radius 1 is 1.18 bits per heavy atom. The fourth-order valence-electron chi connectivity index (χ4n) is 2.90. The van der Waals surface area contributed by atoms with E-state index in [1.807, 2.05) is 29.1 Å². The van der Waals surface area contributed by atoms with Crippen LogP contribution in [0.2, 0.25) is 0 Å². The lowest BCUT2D eigenvalue weighted by Gasteiger charge is -2.09. The maximum atomic E-state index is 12.8. The fraction of sp³-hybridized carbons (Fsp3) is 0.176. The third-order valence-corrected chi connectivity index (χ3v) is 5.21. The molecule has 0 unspecified atom stereocenters. The number of rotatable bonds is 3. The van der Waals surface area contributed by atoms with E-state index in [1.54, 1.807) is 35.9 Å². The smallest absolute Gasteiger partial charge is 0.258 e. The van der Waals surface area contributed by atoms with Gasteiger partial charge in [-0.25, -0.2) is 0 Å². The number of aryl methyl sites for hydroxylation is 1. The van der Waals surface area contributed by atoms with E-state index in [9.17, 15) is 4.79 Å². The number of hydrogen-bond donors (Lipinski definition) is 1. The average Bonchev–Trinajstić information content (AvgIpc) is 3.24. The van der Waals surface area contributed by atoms with Crippen LogP contribution in [-0.2, 0) is 12.8 Å². The molecule has 0 spiro atoms. The van der Waals surface area contributed by atoms with E-state index in [0.717, 1.165) is 35.5 Å². The summed E-state index contributed by atoms with van der Waals surface area (Å²) in [6, 6.07) is 7.57. The average molecular weight is 309 g/mol. The van der Waals surface area contributed by atoms with Crippen molar-refractivity contribution in [3.63, 3.8) is 0 Å². The monoisotopic (exact) mass is 309 g/mol. The number of nitrogens with one attached hydrogen (secondary N) is 1. The summed E-state index contributed by atoms with van der Waals surface area (Å²) in [6.07, 6.45) is 10.6. The molecule has 3 aromatic rings. The molecule has 3 heterocycles. The lowest BCUT2D eigenvalue weighted by Crippen LogP contribution is -2.15. The van der Waals surface area contributed by atoms with Gasteiger partial charge in [0.1, 0.15) is 5.00 Å². The first-order valence-corrected chi connectivity index (χ1v) is 8.14. The topological polar surface area (TPSA) is 46.9 Å². The second-order valence-corrected chi connectivity index (χ2v) is 6.40. The van der Waals surface area contributed by atoms with E-state index in [4.69, 9.17) is 0 Å². The molecule has 1 aliphatic carbocycles. The zero-order valence-corrected chi connectivity index (χ0v) is 12.8. The van der Waals surface area contributed by atoms with Crippen LogP contribution in [0, 0.1) is 0 Å². The summed E-state index contributed by atoms with van der Waals surface area (Å²) >= 11 is 1.74. The summed E-state index contributed by atoms with van der Waals surface area (Å²) in [5, 5.41) is 4.01. The Morgan fingerprint density at radius 3 is 2.73 bits per heavy atom. The SMILES string of the molecule is O=C(Nc1ccncc1)c1c(-n2cccc2)sc2c1CCC2. The number of carbonyl (C=O) groups is 1. The lowest BCUT2D eigenvalue weighted by atomic mass is 10.1. The molecule has 1 N–H and O–H groups in total. The third-order valence-electron chi connectivity index (χ3n) is 3.91. The fourth-order valence-corrected chi connectivity index (χ4v) is 4.26. The first-order chi connectivity index (χ1) is 10.8. The van der Waals surface area contributed by atoms with Gasteiger partial charge in [-0.1, -0.05) is 0 Å². The van der Waals surface area contributed by atoms with E-state index in [2.05, 4.69) is 10.3 Å². The van der Waals surface area contributed by atoms with Crippen LogP contribution >= 0.6 is 11.3 Å². The van der Waals surface area contributed by atoms with Crippen LogP contribution < -0.4 is 5.32 Å². The highest BCUT2D eigenvalue weighted by Gasteiger charge is 2.27. The Bertz CT molecular complexity index is 806. The minimum absolute atomic E-state index is 0.0331. The second-order valence-electron chi connectivity index (χ2n) is 5.32. The van der Waals surface area contributed by atoms with Gasteiger partial charge in [-0.2, -0.15) is 0 Å². The molecule has 0 bridgehead atoms. The predicted molar refractivity (Wildman–Crippen MR) is 87.9 cm³/mol. The molecule has 0 saturated carbocycles. The van der Waals surface area contributed by atoms with E-state index in [0.29, 0.717) is 0 Å². The number of pyridine rings is 1. The molecule has 5 heteroatoms. The summed E-state index contributed by atoms with van der Waals surface area (Å²) in [5.41, 5.74) is 2.82. The van der Waals surface area contributed by atoms with Crippen molar-refractivity contribution in [1.82, 2.24) is 9.55 Å². The summed E-state index contributed by atoms with van der Waals surface area (Å²) in [7, 11) is 0. The van der Waals surface area contributed by atoms with Crippen LogP contribution in [0.4, 0.5) is 5.69 Å². The number of amides is 1. The molecule has 0 saturated heterocycles. The summed E-state index contributed by atoms with van der Waals surface area (Å²) in [4.78, 5) is 18.1. The van der Waals surface area contributed by atoms with Crippen molar-refractivity contribution >= 4 is 22.9 Å². The molecule has 4 nitrogen and oxygen atoms in total. The van der Waals surface area contributed by atoms with Crippen molar-refractivity contribution in [3.8, 4) is 5.00 Å². The number of aromatic nitrogens is 2. The molecule has 1 aliphatic rings. The molecule has 110 valence electrons. The van der Waals surface area contributed by atoms with E-state index in [1.165, 1.54) is 10.4 Å². The van der Waals surface area contributed by atoms with Crippen LogP contribution in [0.3, 0.4) is 0 Å². The molecule has 0 atom stereocenters. The molecular formula is C17H15N3OS. The molecule has 22 heavy (non-hydrogen) atoms. The highest BCUT2D eigenvalue weighted by atomic mass is 32.1. The zero-order chi connectivity index (χ0) is 14.9. The van der Waals surface area contributed by atoms with Crippen molar-refractivity contribution in [2.75, 3.05) is 5.32 Å². The van der Waals surface area contributed by atoms with E-state index >= 15 is 0 Å². The van der Waals surface area contributed by atoms with Crippen molar-refractivity contribution in [2.45, 2.75) is 19.3 Å². The highest BCUT2D eigenvalue weighted by molar-refractivity contribution is 7.15. The van der Waals surface area contributed by atoms with Crippen LogP contribution in [0.5, 0.6) is 0 Å². The van der Waals surface area contributed by atoms with Crippen LogP contribution in [0.15, 0.2) is 49.1 Å². The standard InChI is InChI=1S/C17H15N3OS/c21-16(19-12-6-8-18-9-7-12)15-13-4-3-5-14(13)22-17(15)20-10-1-2-11-20/h1-2,6-11H,3-5H2,(H,18,19,21). The largest absolute Gasteiger partial charge is 0.322 e. The number of carbonyl (C=O) groups excluding carboxylic acids is 1. The highest BCUT2D eigenvalue weighted by Crippen LogP contribution is 2.38. The number of nitrogens with zero attached hydrogens (tertiary/aromatic N) is 2. The van der Waals surface area contributed by atoms with Crippen molar-refractivity contribution < 1.29 is 4.79 Å². The Kier molecular flexibility index (Phi) is 3.27. The van der Waals surface area contributed by atoms with Gasteiger partial charge in [-0.3, -0.25) is 9.78 Å². The zero-order valence-electron chi connectivity index (χ0n) is 12.0. The van der Waals surface area contributed by atoms with Crippen LogP contribution in [0.1, 0.15) is 27.2 Å². The van der Waals surface area contributed by atoms with Gasteiger partial charge < -0.3 is 9.88 Å².